The fourth-order valence-corrected chi connectivity index (χ4v) is 5.93. The number of hydrogen-bond acceptors (Lipinski definition) is 9. The molecule has 6 rings (SSSR count). The van der Waals surface area contributed by atoms with Crippen LogP contribution in [0.1, 0.15) is 28.9 Å². The van der Waals surface area contributed by atoms with E-state index >= 15 is 0 Å². The van der Waals surface area contributed by atoms with Crippen molar-refractivity contribution < 1.29 is 41.0 Å². The lowest BCUT2D eigenvalue weighted by Crippen LogP contribution is -2.21. The number of ether oxygens (including phenoxy) is 2. The molecule has 3 aromatic heterocycles. The van der Waals surface area contributed by atoms with Crippen LogP contribution in [0.25, 0.3) is 33.3 Å². The third-order valence-corrected chi connectivity index (χ3v) is 8.88. The van der Waals surface area contributed by atoms with Gasteiger partial charge in [-0.15, -0.1) is 0 Å². The first-order valence-corrected chi connectivity index (χ1v) is 16.8. The van der Waals surface area contributed by atoms with E-state index in [2.05, 4.69) is 10.1 Å². The lowest BCUT2D eigenvalue weighted by atomic mass is 10.0. The third-order valence-electron chi connectivity index (χ3n) is 7.91. The lowest BCUT2D eigenvalue weighted by molar-refractivity contribution is 0.0696. The summed E-state index contributed by atoms with van der Waals surface area (Å²) < 4.78 is 81.4. The van der Waals surface area contributed by atoms with E-state index in [1.807, 2.05) is 4.72 Å². The fourth-order valence-electron chi connectivity index (χ4n) is 5.37. The van der Waals surface area contributed by atoms with Crippen molar-refractivity contribution in [3.8, 4) is 33.9 Å². The highest BCUT2D eigenvalue weighted by Gasteiger charge is 2.27. The number of halogens is 3. The molecular formula is C34H30F3N7O6S. The maximum Gasteiger partial charge on any atom is 0.355 e. The van der Waals surface area contributed by atoms with E-state index in [-0.39, 0.29) is 29.4 Å². The summed E-state index contributed by atoms with van der Waals surface area (Å²) in [4.78, 5) is 15.5. The van der Waals surface area contributed by atoms with E-state index < -0.39 is 33.7 Å². The van der Waals surface area contributed by atoms with Crippen molar-refractivity contribution in [1.82, 2.24) is 24.5 Å². The highest BCUT2D eigenvalue weighted by Crippen LogP contribution is 2.40. The van der Waals surface area contributed by atoms with Gasteiger partial charge in [0.15, 0.2) is 0 Å². The Morgan fingerprint density at radius 1 is 1.04 bits per heavy atom. The number of carboxylic acid groups (broad SMARTS) is 1. The molecule has 0 saturated carbocycles. The van der Waals surface area contributed by atoms with E-state index in [0.717, 1.165) is 0 Å². The number of aryl methyl sites for hydroxylation is 1. The van der Waals surface area contributed by atoms with Crippen molar-refractivity contribution in [2.75, 3.05) is 17.1 Å². The van der Waals surface area contributed by atoms with Crippen molar-refractivity contribution in [1.29, 1.82) is 0 Å². The highest BCUT2D eigenvalue weighted by molar-refractivity contribution is 7.93. The molecule has 3 heterocycles. The van der Waals surface area contributed by atoms with Crippen LogP contribution < -0.4 is 19.9 Å². The Bertz CT molecular complexity index is 2330. The molecule has 4 N–H and O–H groups in total. The van der Waals surface area contributed by atoms with Gasteiger partial charge in [-0.3, -0.25) is 14.1 Å². The number of sulfonamides is 1. The average molecular weight is 722 g/mol. The van der Waals surface area contributed by atoms with Gasteiger partial charge in [-0.1, -0.05) is 18.2 Å². The molecule has 3 aromatic carbocycles. The Morgan fingerprint density at radius 3 is 2.45 bits per heavy atom. The standard InChI is InChI=1S/C34H30F3N7O6S/c1-19(20-3-8-24(35)9-4-20)50-28-15-22(7-12-27(28)42-51(47,48)34(36)37)30-29-31(43(2)41-30)26(17-39-32(29)38)23-16-40-44(18-23)13-14-49-25-10-5-21(6-11-25)33(45)46/h3-12,15-19,34,42H,13-14H2,1-2H3,(H2,38,39)(H,45,46)/t19-/m0/s1. The number of alkyl halides is 2. The number of nitrogens with zero attached hydrogens (tertiary/aromatic N) is 5. The zero-order valence-electron chi connectivity index (χ0n) is 27.0. The average Bonchev–Trinajstić information content (AvgIpc) is 3.71. The summed E-state index contributed by atoms with van der Waals surface area (Å²) in [7, 11) is -3.34. The van der Waals surface area contributed by atoms with Gasteiger partial charge in [-0.2, -0.15) is 19.0 Å². The minimum Gasteiger partial charge on any atom is -0.492 e. The van der Waals surface area contributed by atoms with Gasteiger partial charge in [0, 0.05) is 36.1 Å². The van der Waals surface area contributed by atoms with Crippen LogP contribution in [0.15, 0.2) is 85.3 Å². The Morgan fingerprint density at radius 2 is 1.76 bits per heavy atom. The van der Waals surface area contributed by atoms with Crippen LogP contribution in [0, 0.1) is 5.82 Å². The van der Waals surface area contributed by atoms with E-state index in [4.69, 9.17) is 25.4 Å². The van der Waals surface area contributed by atoms with Crippen molar-refractivity contribution in [2.45, 2.75) is 25.3 Å². The topological polar surface area (TPSA) is 176 Å². The molecule has 0 bridgehead atoms. The molecule has 1 atom stereocenters. The minimum absolute atomic E-state index is 0.0867. The summed E-state index contributed by atoms with van der Waals surface area (Å²) in [6, 6.07) is 15.7. The molecule has 51 heavy (non-hydrogen) atoms. The van der Waals surface area contributed by atoms with Gasteiger partial charge in [0.1, 0.15) is 41.5 Å². The molecule has 0 aliphatic carbocycles. The highest BCUT2D eigenvalue weighted by atomic mass is 32.2. The smallest absolute Gasteiger partial charge is 0.355 e. The summed E-state index contributed by atoms with van der Waals surface area (Å²) in [5.74, 6) is -4.61. The number of fused-ring (bicyclic) bond motifs is 1. The van der Waals surface area contributed by atoms with Gasteiger partial charge in [0.05, 0.1) is 34.9 Å². The predicted molar refractivity (Wildman–Crippen MR) is 182 cm³/mol. The summed E-state index contributed by atoms with van der Waals surface area (Å²) in [6.45, 7) is 2.27. The second-order valence-electron chi connectivity index (χ2n) is 11.4. The van der Waals surface area contributed by atoms with Crippen LogP contribution in [0.5, 0.6) is 11.5 Å². The number of nitrogens with one attached hydrogen (secondary N) is 1. The first-order chi connectivity index (χ1) is 24.3. The molecule has 0 unspecified atom stereocenters. The minimum atomic E-state index is -5.05. The molecule has 13 nitrogen and oxygen atoms in total. The summed E-state index contributed by atoms with van der Waals surface area (Å²) in [5.41, 5.74) is 9.58. The van der Waals surface area contributed by atoms with Gasteiger partial charge in [-0.05, 0) is 61.0 Å². The van der Waals surface area contributed by atoms with Crippen LogP contribution >= 0.6 is 0 Å². The van der Waals surface area contributed by atoms with E-state index in [9.17, 15) is 26.4 Å². The number of anilines is 2. The van der Waals surface area contributed by atoms with Crippen LogP contribution in [0.3, 0.4) is 0 Å². The summed E-state index contributed by atoms with van der Waals surface area (Å²) in [5, 5.41) is 18.7. The molecule has 264 valence electrons. The second kappa shape index (κ2) is 14.0. The molecule has 6 aromatic rings. The molecule has 0 fully saturated rings. The SMILES string of the molecule is C[C@H](Oc1cc(-c2nn(C)c3c(-c4cnn(CCOc5ccc(C(=O)O)cc5)c4)cnc(N)c23)ccc1NS(=O)(=O)C(F)F)c1ccc(F)cc1. The lowest BCUT2D eigenvalue weighted by Gasteiger charge is -2.19. The molecule has 0 saturated heterocycles. The zero-order chi connectivity index (χ0) is 36.4. The van der Waals surface area contributed by atoms with Crippen molar-refractivity contribution in [3.63, 3.8) is 0 Å². The van der Waals surface area contributed by atoms with Gasteiger partial charge >= 0.3 is 11.7 Å². The van der Waals surface area contributed by atoms with Crippen molar-refractivity contribution >= 4 is 38.4 Å². The number of rotatable bonds is 13. The number of carboxylic acids is 1. The van der Waals surface area contributed by atoms with Crippen molar-refractivity contribution in [2.24, 2.45) is 7.05 Å². The van der Waals surface area contributed by atoms with Crippen molar-refractivity contribution in [3.05, 3.63) is 102 Å². The molecule has 17 heteroatoms. The Balaban J connectivity index is 1.31. The van der Waals surface area contributed by atoms with Crippen LogP contribution in [-0.2, 0) is 23.6 Å². The number of nitrogens with two attached hydrogens (primary N) is 1. The molecule has 0 aliphatic heterocycles. The molecular weight excluding hydrogens is 691 g/mol. The number of pyridine rings is 1. The fraction of sp³-hybridized carbons (Fsp3) is 0.176. The van der Waals surface area contributed by atoms with E-state index in [1.165, 1.54) is 54.6 Å². The molecule has 0 spiro atoms. The van der Waals surface area contributed by atoms with Gasteiger partial charge in [-0.25, -0.2) is 22.6 Å². The Hall–Kier alpha value is -6.10. The molecule has 0 radical (unpaired) electrons. The van der Waals surface area contributed by atoms with E-state index in [1.54, 1.807) is 54.1 Å². The van der Waals surface area contributed by atoms with Gasteiger partial charge < -0.3 is 20.3 Å². The van der Waals surface area contributed by atoms with E-state index in [0.29, 0.717) is 51.1 Å². The number of aromatic carboxylic acids is 1. The van der Waals surface area contributed by atoms with Gasteiger partial charge in [0.25, 0.3) is 10.0 Å². The number of benzene rings is 3. The van der Waals surface area contributed by atoms with Crippen LogP contribution in [-0.4, -0.2) is 56.4 Å². The number of carbonyl (C=O) groups is 1. The maximum atomic E-state index is 13.5. The number of hydrogen-bond donors (Lipinski definition) is 3. The second-order valence-corrected chi connectivity index (χ2v) is 13.0. The predicted octanol–water partition coefficient (Wildman–Crippen LogP) is 6.10. The number of nitrogen functional groups attached to an aromatic ring is 1. The zero-order valence-corrected chi connectivity index (χ0v) is 27.8. The first kappa shape index (κ1) is 34.8. The van der Waals surface area contributed by atoms with Crippen LogP contribution in [0.4, 0.5) is 24.7 Å². The molecule has 0 aliphatic rings. The third kappa shape index (κ3) is 7.42. The Labute approximate surface area is 289 Å². The first-order valence-electron chi connectivity index (χ1n) is 15.3. The quantitative estimate of drug-likeness (QED) is 0.126. The largest absolute Gasteiger partial charge is 0.492 e. The normalized spacial score (nSPS) is 12.3. The van der Waals surface area contributed by atoms with Crippen LogP contribution in [0.2, 0.25) is 0 Å². The summed E-state index contributed by atoms with van der Waals surface area (Å²) in [6.07, 6.45) is 4.29. The number of aromatic nitrogens is 5. The maximum absolute atomic E-state index is 13.5. The molecule has 0 amide bonds. The Kier molecular flexibility index (Phi) is 9.56. The summed E-state index contributed by atoms with van der Waals surface area (Å²) >= 11 is 0. The monoisotopic (exact) mass is 721 g/mol. The van der Waals surface area contributed by atoms with Gasteiger partial charge in [0.2, 0.25) is 0 Å².